The van der Waals surface area contributed by atoms with E-state index in [1.807, 2.05) is 19.1 Å². The van der Waals surface area contributed by atoms with Crippen molar-refractivity contribution < 1.29 is 12.8 Å². The first-order valence-corrected chi connectivity index (χ1v) is 11.0. The molecule has 1 aromatic carbocycles. The average Bonchev–Trinajstić information content (AvgIpc) is 3.30. The molecule has 1 aromatic heterocycles. The third-order valence-corrected chi connectivity index (χ3v) is 8.23. The molecule has 1 spiro atoms. The summed E-state index contributed by atoms with van der Waals surface area (Å²) in [6.07, 6.45) is 4.92. The number of nitrogens with zero attached hydrogens (tertiary/aromatic N) is 3. The minimum absolute atomic E-state index is 0.101. The van der Waals surface area contributed by atoms with E-state index in [-0.39, 0.29) is 11.3 Å². The zero-order chi connectivity index (χ0) is 18.8. The number of oxazole rings is 1. The van der Waals surface area contributed by atoms with E-state index in [0.29, 0.717) is 18.0 Å². The van der Waals surface area contributed by atoms with Gasteiger partial charge in [0.2, 0.25) is 10.0 Å². The van der Waals surface area contributed by atoms with Crippen LogP contribution in [0.3, 0.4) is 0 Å². The number of hydrogen-bond acceptors (Lipinski definition) is 5. The maximum absolute atomic E-state index is 13.2. The van der Waals surface area contributed by atoms with Crippen LogP contribution in [-0.4, -0.2) is 55.8 Å². The topological polar surface area (TPSA) is 66.7 Å². The quantitative estimate of drug-likeness (QED) is 0.808. The molecular weight excluding hydrogens is 362 g/mol. The van der Waals surface area contributed by atoms with E-state index in [1.165, 1.54) is 11.1 Å². The molecule has 1 aliphatic carbocycles. The van der Waals surface area contributed by atoms with Gasteiger partial charge in [0.25, 0.3) is 0 Å². The van der Waals surface area contributed by atoms with Gasteiger partial charge >= 0.3 is 0 Å². The second-order valence-electron chi connectivity index (χ2n) is 8.48. The number of rotatable bonds is 3. The number of aryl methyl sites for hydroxylation is 3. The van der Waals surface area contributed by atoms with E-state index in [4.69, 9.17) is 4.42 Å². The molecule has 3 aliphatic rings. The Labute approximate surface area is 160 Å². The summed E-state index contributed by atoms with van der Waals surface area (Å²) < 4.78 is 33.7. The Kier molecular flexibility index (Phi) is 3.80. The van der Waals surface area contributed by atoms with E-state index in [2.05, 4.69) is 16.9 Å². The monoisotopic (exact) mass is 387 g/mol. The Morgan fingerprint density at radius 1 is 1.19 bits per heavy atom. The van der Waals surface area contributed by atoms with Crippen molar-refractivity contribution in [2.24, 2.45) is 5.41 Å². The Balaban J connectivity index is 1.40. The van der Waals surface area contributed by atoms with Crippen LogP contribution < -0.4 is 0 Å². The van der Waals surface area contributed by atoms with Gasteiger partial charge in [-0.25, -0.2) is 13.4 Å². The van der Waals surface area contributed by atoms with E-state index >= 15 is 0 Å². The van der Waals surface area contributed by atoms with E-state index < -0.39 is 10.0 Å². The number of sulfonamides is 1. The molecule has 0 radical (unpaired) electrons. The summed E-state index contributed by atoms with van der Waals surface area (Å²) >= 11 is 0. The fourth-order valence-electron chi connectivity index (χ4n) is 5.10. The van der Waals surface area contributed by atoms with Crippen LogP contribution in [0, 0.1) is 12.3 Å². The fraction of sp³-hybridized carbons (Fsp3) is 0.550. The lowest BCUT2D eigenvalue weighted by Gasteiger charge is -2.49. The highest BCUT2D eigenvalue weighted by Crippen LogP contribution is 2.50. The minimum Gasteiger partial charge on any atom is -0.446 e. The molecule has 3 heterocycles. The number of likely N-dealkylation sites (tertiary alicyclic amines) is 1. The lowest BCUT2D eigenvalue weighted by molar-refractivity contribution is 0.0581. The number of hydrogen-bond donors (Lipinski definition) is 0. The van der Waals surface area contributed by atoms with Crippen LogP contribution >= 0.6 is 0 Å². The molecule has 0 amide bonds. The highest BCUT2D eigenvalue weighted by Gasteiger charge is 2.58. The van der Waals surface area contributed by atoms with Crippen molar-refractivity contribution in [3.05, 3.63) is 47.2 Å². The Morgan fingerprint density at radius 3 is 2.70 bits per heavy atom. The molecule has 1 unspecified atom stereocenters. The van der Waals surface area contributed by atoms with Crippen molar-refractivity contribution in [3.8, 4) is 0 Å². The van der Waals surface area contributed by atoms with Crippen LogP contribution in [0.25, 0.3) is 0 Å². The lowest BCUT2D eigenvalue weighted by Crippen LogP contribution is -2.61. The Bertz CT molecular complexity index is 992. The second kappa shape index (κ2) is 5.90. The summed E-state index contributed by atoms with van der Waals surface area (Å²) in [5.74, 6) is 1.69. The maximum atomic E-state index is 13.2. The summed E-state index contributed by atoms with van der Waals surface area (Å²) in [7, 11) is -1.36. The van der Waals surface area contributed by atoms with Gasteiger partial charge in [0.1, 0.15) is 5.76 Å². The van der Waals surface area contributed by atoms with Crippen molar-refractivity contribution in [2.75, 3.05) is 33.2 Å². The molecule has 6 nitrogen and oxygen atoms in total. The van der Waals surface area contributed by atoms with Gasteiger partial charge in [0.15, 0.2) is 5.89 Å². The smallest absolute Gasteiger partial charge is 0.243 e. The standard InChI is InChI=1S/C20H25N3O3S/c1-14-9-21-19(26-14)18-10-22(2)11-20(18)12-23(13-20)27(24,25)17-7-6-15-4-3-5-16(15)8-17/h6-9,18H,3-5,10-13H2,1-2H3. The molecule has 144 valence electrons. The summed E-state index contributed by atoms with van der Waals surface area (Å²) in [5, 5.41) is 0. The minimum atomic E-state index is -3.44. The molecule has 2 aromatic rings. The van der Waals surface area contributed by atoms with E-state index in [9.17, 15) is 8.42 Å². The molecule has 0 saturated carbocycles. The Morgan fingerprint density at radius 2 is 1.96 bits per heavy atom. The number of likely N-dealkylation sites (N-methyl/N-ethyl adjacent to an activating group) is 1. The molecule has 0 bridgehead atoms. The van der Waals surface area contributed by atoms with Crippen LogP contribution in [-0.2, 0) is 22.9 Å². The predicted octanol–water partition coefficient (Wildman–Crippen LogP) is 2.19. The summed E-state index contributed by atoms with van der Waals surface area (Å²) in [6.45, 7) is 4.68. The van der Waals surface area contributed by atoms with E-state index in [1.54, 1.807) is 16.6 Å². The molecular formula is C20H25N3O3S. The number of fused-ring (bicyclic) bond motifs is 1. The van der Waals surface area contributed by atoms with E-state index in [0.717, 1.165) is 44.0 Å². The summed E-state index contributed by atoms with van der Waals surface area (Å²) in [4.78, 5) is 7.12. The largest absolute Gasteiger partial charge is 0.446 e. The van der Waals surface area contributed by atoms with Crippen LogP contribution in [0.1, 0.15) is 35.1 Å². The first kappa shape index (κ1) is 17.4. The number of aromatic nitrogens is 1. The summed E-state index contributed by atoms with van der Waals surface area (Å²) in [5.41, 5.74) is 2.39. The molecule has 0 N–H and O–H groups in total. The highest BCUT2D eigenvalue weighted by atomic mass is 32.2. The molecule has 1 atom stereocenters. The first-order chi connectivity index (χ1) is 12.9. The maximum Gasteiger partial charge on any atom is 0.243 e. The van der Waals surface area contributed by atoms with Gasteiger partial charge in [0, 0.05) is 31.6 Å². The normalized spacial score (nSPS) is 25.0. The van der Waals surface area contributed by atoms with Gasteiger partial charge in [-0.3, -0.25) is 0 Å². The van der Waals surface area contributed by atoms with Crippen LogP contribution in [0.15, 0.2) is 33.7 Å². The first-order valence-electron chi connectivity index (χ1n) is 9.60. The average molecular weight is 388 g/mol. The van der Waals surface area contributed by atoms with Crippen LogP contribution in [0.4, 0.5) is 0 Å². The van der Waals surface area contributed by atoms with Crippen LogP contribution in [0.5, 0.6) is 0 Å². The third kappa shape index (κ3) is 2.67. The SMILES string of the molecule is Cc1cnc(C2CN(C)CC23CN(S(=O)(=O)c2ccc4c(c2)CCC4)C3)o1. The van der Waals surface area contributed by atoms with Gasteiger partial charge in [-0.05, 0) is 56.5 Å². The van der Waals surface area contributed by atoms with Crippen LogP contribution in [0.2, 0.25) is 0 Å². The van der Waals surface area contributed by atoms with Crippen molar-refractivity contribution in [3.63, 3.8) is 0 Å². The fourth-order valence-corrected chi connectivity index (χ4v) is 6.78. The van der Waals surface area contributed by atoms with Crippen molar-refractivity contribution in [1.29, 1.82) is 0 Å². The van der Waals surface area contributed by atoms with Gasteiger partial charge in [-0.2, -0.15) is 4.31 Å². The number of benzene rings is 1. The third-order valence-electron chi connectivity index (χ3n) is 6.45. The van der Waals surface area contributed by atoms with Crippen molar-refractivity contribution in [2.45, 2.75) is 37.0 Å². The lowest BCUT2D eigenvalue weighted by atomic mass is 9.73. The van der Waals surface area contributed by atoms with Gasteiger partial charge in [0.05, 0.1) is 17.0 Å². The van der Waals surface area contributed by atoms with Crippen molar-refractivity contribution >= 4 is 10.0 Å². The van der Waals surface area contributed by atoms with Gasteiger partial charge in [-0.1, -0.05) is 6.07 Å². The zero-order valence-electron chi connectivity index (χ0n) is 15.8. The Hall–Kier alpha value is -1.70. The molecule has 27 heavy (non-hydrogen) atoms. The molecule has 5 rings (SSSR count). The molecule has 2 aliphatic heterocycles. The highest BCUT2D eigenvalue weighted by molar-refractivity contribution is 7.89. The second-order valence-corrected chi connectivity index (χ2v) is 10.4. The molecule has 2 fully saturated rings. The van der Waals surface area contributed by atoms with Gasteiger partial charge < -0.3 is 9.32 Å². The molecule has 7 heteroatoms. The van der Waals surface area contributed by atoms with Crippen molar-refractivity contribution in [1.82, 2.24) is 14.2 Å². The molecule has 2 saturated heterocycles. The zero-order valence-corrected chi connectivity index (χ0v) is 16.6. The van der Waals surface area contributed by atoms with Gasteiger partial charge in [-0.15, -0.1) is 0 Å². The summed E-state index contributed by atoms with van der Waals surface area (Å²) in [6, 6.07) is 5.66. The predicted molar refractivity (Wildman–Crippen MR) is 101 cm³/mol.